The lowest BCUT2D eigenvalue weighted by atomic mass is 10.2. The van der Waals surface area contributed by atoms with E-state index in [0.29, 0.717) is 16.2 Å². The normalized spacial score (nSPS) is 11.1. The van der Waals surface area contributed by atoms with Gasteiger partial charge in [0.05, 0.1) is 16.2 Å². The molecule has 3 aromatic rings. The fraction of sp³-hybridized carbons (Fsp3) is 0.0952. The molecule has 0 unspecified atom stereocenters. The number of carbonyl (C=O) groups excluding carboxylic acids is 1. The number of aryl methyl sites for hydroxylation is 2. The Hall–Kier alpha value is -2.64. The molecule has 0 aliphatic carbocycles. The lowest BCUT2D eigenvalue weighted by molar-refractivity contribution is 0.0747. The van der Waals surface area contributed by atoms with Crippen LogP contribution < -0.4 is 10.6 Å². The second-order valence-corrected chi connectivity index (χ2v) is 8.29. The van der Waals surface area contributed by atoms with Crippen LogP contribution in [0.4, 0.5) is 0 Å². The third kappa shape index (κ3) is 3.72. The van der Waals surface area contributed by atoms with Gasteiger partial charge in [-0.1, -0.05) is 53.6 Å². The Balaban J connectivity index is 2.05. The molecular weight excluding hydrogens is 331 g/mol. The first-order chi connectivity index (χ1) is 12.0. The number of hydrogen-bond acceptors (Lipinski definition) is 3. The molecule has 0 aliphatic rings. The molecule has 25 heavy (non-hydrogen) atoms. The van der Waals surface area contributed by atoms with Crippen LogP contribution in [0.3, 0.4) is 0 Å². The Morgan fingerprint density at radius 2 is 1.16 bits per heavy atom. The number of rotatable bonds is 4. The van der Waals surface area contributed by atoms with Gasteiger partial charge in [-0.05, 0) is 50.2 Å². The Morgan fingerprint density at radius 3 is 1.60 bits per heavy atom. The van der Waals surface area contributed by atoms with Gasteiger partial charge in [0.2, 0.25) is 0 Å². The molecule has 0 spiro atoms. The molecule has 0 aliphatic heterocycles. The zero-order valence-electron chi connectivity index (χ0n) is 14.2. The van der Waals surface area contributed by atoms with E-state index in [9.17, 15) is 9.36 Å². The van der Waals surface area contributed by atoms with Crippen molar-refractivity contribution in [1.29, 1.82) is 0 Å². The molecule has 126 valence electrons. The molecule has 0 fully saturated rings. The smallest absolute Gasteiger partial charge is 0.343 e. The number of carbonyl (C=O) groups is 1. The summed E-state index contributed by atoms with van der Waals surface area (Å²) in [7, 11) is -3.53. The molecular formula is C21H19O3P. The molecule has 3 rings (SSSR count). The van der Waals surface area contributed by atoms with E-state index >= 15 is 0 Å². The van der Waals surface area contributed by atoms with E-state index in [1.54, 1.807) is 48.5 Å². The third-order valence-corrected chi connectivity index (χ3v) is 6.35. The minimum atomic E-state index is -3.53. The minimum Gasteiger partial charge on any atom is -0.401 e. The molecule has 0 saturated heterocycles. The van der Waals surface area contributed by atoms with Crippen LogP contribution in [0.5, 0.6) is 0 Å². The molecule has 4 heteroatoms. The van der Waals surface area contributed by atoms with E-state index in [4.69, 9.17) is 4.52 Å². The average Bonchev–Trinajstić information content (AvgIpc) is 2.63. The van der Waals surface area contributed by atoms with Crippen LogP contribution in [-0.2, 0) is 9.09 Å². The summed E-state index contributed by atoms with van der Waals surface area (Å²) >= 11 is 0. The second kappa shape index (κ2) is 7.08. The van der Waals surface area contributed by atoms with Gasteiger partial charge >= 0.3 is 13.3 Å². The van der Waals surface area contributed by atoms with Crippen LogP contribution in [0.25, 0.3) is 0 Å². The monoisotopic (exact) mass is 350 g/mol. The van der Waals surface area contributed by atoms with Gasteiger partial charge in [0.15, 0.2) is 0 Å². The largest absolute Gasteiger partial charge is 0.401 e. The van der Waals surface area contributed by atoms with Gasteiger partial charge in [-0.25, -0.2) is 4.79 Å². The van der Waals surface area contributed by atoms with Crippen LogP contribution in [0, 0.1) is 13.8 Å². The van der Waals surface area contributed by atoms with Crippen molar-refractivity contribution in [2.75, 3.05) is 0 Å². The highest BCUT2D eigenvalue weighted by atomic mass is 31.2. The van der Waals surface area contributed by atoms with E-state index in [2.05, 4.69) is 0 Å². The van der Waals surface area contributed by atoms with Gasteiger partial charge < -0.3 is 4.52 Å². The first-order valence-corrected chi connectivity index (χ1v) is 9.65. The lowest BCUT2D eigenvalue weighted by Crippen LogP contribution is -2.21. The first-order valence-electron chi connectivity index (χ1n) is 8.02. The maximum absolute atomic E-state index is 13.8. The quantitative estimate of drug-likeness (QED) is 0.656. The van der Waals surface area contributed by atoms with Crippen molar-refractivity contribution in [2.24, 2.45) is 0 Å². The highest BCUT2D eigenvalue weighted by Crippen LogP contribution is 2.45. The highest BCUT2D eigenvalue weighted by Gasteiger charge is 2.32. The Kier molecular flexibility index (Phi) is 4.87. The lowest BCUT2D eigenvalue weighted by Gasteiger charge is -2.19. The Labute approximate surface area is 147 Å². The van der Waals surface area contributed by atoms with Gasteiger partial charge in [-0.2, -0.15) is 0 Å². The van der Waals surface area contributed by atoms with Gasteiger partial charge in [0.25, 0.3) is 0 Å². The summed E-state index contributed by atoms with van der Waals surface area (Å²) in [5.74, 6) is -0.593. The van der Waals surface area contributed by atoms with Crippen molar-refractivity contribution < 1.29 is 13.9 Å². The molecule has 3 nitrogen and oxygen atoms in total. The zero-order chi connectivity index (χ0) is 17.9. The van der Waals surface area contributed by atoms with Crippen molar-refractivity contribution in [3.63, 3.8) is 0 Å². The standard InChI is InChI=1S/C21H19O3P/c1-16-8-12-19(13-9-16)25(23,20-14-10-17(2)11-15-20)24-21(22)18-6-4-3-5-7-18/h3-15H,1-2H3. The number of hydrogen-bond donors (Lipinski definition) is 0. The summed E-state index contributed by atoms with van der Waals surface area (Å²) in [5, 5.41) is 1.01. The molecule has 0 radical (unpaired) electrons. The molecule has 3 aromatic carbocycles. The van der Waals surface area contributed by atoms with E-state index in [1.807, 2.05) is 44.2 Å². The van der Waals surface area contributed by atoms with Gasteiger partial charge in [-0.3, -0.25) is 4.57 Å². The van der Waals surface area contributed by atoms with Crippen molar-refractivity contribution in [3.05, 3.63) is 95.6 Å². The predicted octanol–water partition coefficient (Wildman–Crippen LogP) is 4.39. The fourth-order valence-corrected chi connectivity index (χ4v) is 4.41. The zero-order valence-corrected chi connectivity index (χ0v) is 15.1. The molecule has 0 atom stereocenters. The maximum atomic E-state index is 13.8. The highest BCUT2D eigenvalue weighted by molar-refractivity contribution is 7.74. The summed E-state index contributed by atoms with van der Waals surface area (Å²) in [6.45, 7) is 3.91. The van der Waals surface area contributed by atoms with Gasteiger partial charge in [0, 0.05) is 0 Å². The van der Waals surface area contributed by atoms with Crippen molar-refractivity contribution >= 4 is 23.9 Å². The summed E-state index contributed by atoms with van der Waals surface area (Å²) in [6.07, 6.45) is 0. The summed E-state index contributed by atoms with van der Waals surface area (Å²) in [6, 6.07) is 23.1. The van der Waals surface area contributed by atoms with E-state index in [-0.39, 0.29) is 0 Å². The van der Waals surface area contributed by atoms with E-state index < -0.39 is 13.3 Å². The Morgan fingerprint density at radius 1 is 0.720 bits per heavy atom. The van der Waals surface area contributed by atoms with Crippen LogP contribution in [0.1, 0.15) is 21.5 Å². The average molecular weight is 350 g/mol. The fourth-order valence-electron chi connectivity index (χ4n) is 2.48. The summed E-state index contributed by atoms with van der Waals surface area (Å²) in [4.78, 5) is 12.5. The van der Waals surface area contributed by atoms with Crippen LogP contribution >= 0.6 is 7.37 Å². The number of benzene rings is 3. The van der Waals surface area contributed by atoms with Crippen LogP contribution in [0.2, 0.25) is 0 Å². The molecule has 0 saturated carbocycles. The maximum Gasteiger partial charge on any atom is 0.343 e. The van der Waals surface area contributed by atoms with Crippen molar-refractivity contribution in [3.8, 4) is 0 Å². The second-order valence-electron chi connectivity index (χ2n) is 5.97. The van der Waals surface area contributed by atoms with E-state index in [1.165, 1.54) is 0 Å². The van der Waals surface area contributed by atoms with Crippen LogP contribution in [-0.4, -0.2) is 5.97 Å². The summed E-state index contributed by atoms with van der Waals surface area (Å²) in [5.41, 5.74) is 2.48. The Bertz CT molecular complexity index is 864. The van der Waals surface area contributed by atoms with E-state index in [0.717, 1.165) is 11.1 Å². The molecule has 0 aromatic heterocycles. The SMILES string of the molecule is Cc1ccc(P(=O)(OC(=O)c2ccccc2)c2ccc(C)cc2)cc1. The first kappa shape index (κ1) is 17.2. The summed E-state index contributed by atoms with van der Waals surface area (Å²) < 4.78 is 19.4. The van der Waals surface area contributed by atoms with Crippen LogP contribution in [0.15, 0.2) is 78.9 Å². The topological polar surface area (TPSA) is 43.4 Å². The third-order valence-electron chi connectivity index (χ3n) is 3.97. The van der Waals surface area contributed by atoms with Gasteiger partial charge in [-0.15, -0.1) is 0 Å². The molecule has 0 heterocycles. The van der Waals surface area contributed by atoms with Crippen molar-refractivity contribution in [1.82, 2.24) is 0 Å². The molecule has 0 N–H and O–H groups in total. The minimum absolute atomic E-state index is 0.377. The predicted molar refractivity (Wildman–Crippen MR) is 101 cm³/mol. The van der Waals surface area contributed by atoms with Crippen molar-refractivity contribution in [2.45, 2.75) is 13.8 Å². The molecule has 0 bridgehead atoms. The van der Waals surface area contributed by atoms with Gasteiger partial charge in [0.1, 0.15) is 0 Å². The molecule has 0 amide bonds.